The van der Waals surface area contributed by atoms with E-state index in [4.69, 9.17) is 16.6 Å². The molecule has 0 radical (unpaired) electrons. The minimum atomic E-state index is -1.24. The molecule has 0 spiro atoms. The molecule has 8 heteroatoms. The van der Waals surface area contributed by atoms with Crippen molar-refractivity contribution in [3.63, 3.8) is 0 Å². The largest absolute Gasteiger partial charge is 0.481 e. The van der Waals surface area contributed by atoms with Gasteiger partial charge in [-0.25, -0.2) is 0 Å². The first-order chi connectivity index (χ1) is 12.8. The summed E-state index contributed by atoms with van der Waals surface area (Å²) in [5.74, 6) is -1.99. The van der Waals surface area contributed by atoms with Crippen molar-refractivity contribution in [1.29, 1.82) is 0 Å². The number of guanidine groups is 1. The fraction of sp³-hybridized carbons (Fsp3) is 0.474. The number of carbonyl (C=O) groups excluding carboxylic acids is 2. The van der Waals surface area contributed by atoms with Crippen LogP contribution in [0.4, 0.5) is 0 Å². The summed E-state index contributed by atoms with van der Waals surface area (Å²) < 4.78 is 0. The number of carboxylic acid groups (broad SMARTS) is 1. The van der Waals surface area contributed by atoms with Crippen molar-refractivity contribution in [2.24, 2.45) is 22.4 Å². The maximum absolute atomic E-state index is 12.6. The van der Waals surface area contributed by atoms with Crippen molar-refractivity contribution in [3.05, 3.63) is 35.9 Å². The van der Waals surface area contributed by atoms with Crippen LogP contribution in [0, 0.1) is 5.92 Å². The first kappa shape index (κ1) is 22.1. The quantitative estimate of drug-likeness (QED) is 0.184. The first-order valence-corrected chi connectivity index (χ1v) is 8.91. The van der Waals surface area contributed by atoms with Gasteiger partial charge in [0.15, 0.2) is 11.7 Å². The van der Waals surface area contributed by atoms with Gasteiger partial charge in [-0.2, -0.15) is 0 Å². The monoisotopic (exact) mass is 376 g/mol. The van der Waals surface area contributed by atoms with Gasteiger partial charge in [0.2, 0.25) is 5.91 Å². The number of rotatable bonds is 12. The van der Waals surface area contributed by atoms with Crippen molar-refractivity contribution in [2.75, 3.05) is 6.54 Å². The molecule has 27 heavy (non-hydrogen) atoms. The van der Waals surface area contributed by atoms with Crippen LogP contribution < -0.4 is 16.8 Å². The van der Waals surface area contributed by atoms with Crippen LogP contribution >= 0.6 is 0 Å². The van der Waals surface area contributed by atoms with E-state index in [0.29, 0.717) is 19.4 Å². The first-order valence-electron chi connectivity index (χ1n) is 8.91. The Bertz CT molecular complexity index is 657. The number of Topliss-reactive ketones (excluding diaryl/α,β-unsaturated/α-hetero) is 1. The Kier molecular flexibility index (Phi) is 9.57. The molecule has 0 aliphatic carbocycles. The summed E-state index contributed by atoms with van der Waals surface area (Å²) in [6.07, 6.45) is 1.20. The molecular weight excluding hydrogens is 348 g/mol. The molecule has 0 aliphatic heterocycles. The maximum atomic E-state index is 12.6. The zero-order chi connectivity index (χ0) is 20.2. The number of hydrogen-bond donors (Lipinski definition) is 4. The van der Waals surface area contributed by atoms with Gasteiger partial charge in [0.25, 0.3) is 0 Å². The number of nitrogens with one attached hydrogen (secondary N) is 1. The van der Waals surface area contributed by atoms with Crippen LogP contribution in [0.2, 0.25) is 0 Å². The number of nitrogens with two attached hydrogens (primary N) is 2. The molecule has 0 unspecified atom stereocenters. The van der Waals surface area contributed by atoms with Crippen molar-refractivity contribution < 1.29 is 19.5 Å². The summed E-state index contributed by atoms with van der Waals surface area (Å²) >= 11 is 0. The second kappa shape index (κ2) is 11.7. The van der Waals surface area contributed by atoms with E-state index in [1.165, 1.54) is 0 Å². The average Bonchev–Trinajstić information content (AvgIpc) is 2.57. The molecule has 1 aromatic carbocycles. The van der Waals surface area contributed by atoms with Crippen molar-refractivity contribution in [3.8, 4) is 0 Å². The van der Waals surface area contributed by atoms with Crippen LogP contribution in [0.25, 0.3) is 0 Å². The van der Waals surface area contributed by atoms with E-state index in [1.807, 2.05) is 37.3 Å². The third-order valence-corrected chi connectivity index (χ3v) is 3.96. The number of ketones is 1. The molecule has 148 valence electrons. The minimum absolute atomic E-state index is 0.0377. The Hall–Kier alpha value is -2.90. The van der Waals surface area contributed by atoms with Gasteiger partial charge in [0, 0.05) is 13.0 Å². The third kappa shape index (κ3) is 9.98. The Morgan fingerprint density at radius 2 is 1.85 bits per heavy atom. The third-order valence-electron chi connectivity index (χ3n) is 3.96. The van der Waals surface area contributed by atoms with E-state index in [0.717, 1.165) is 12.0 Å². The highest BCUT2D eigenvalue weighted by Crippen LogP contribution is 2.14. The molecule has 8 nitrogen and oxygen atoms in total. The van der Waals surface area contributed by atoms with Gasteiger partial charge < -0.3 is 21.9 Å². The highest BCUT2D eigenvalue weighted by molar-refractivity contribution is 5.96. The lowest BCUT2D eigenvalue weighted by Gasteiger charge is -2.19. The topological polar surface area (TPSA) is 148 Å². The number of carbonyl (C=O) groups is 3. The normalized spacial score (nSPS) is 12.6. The number of amides is 1. The number of benzene rings is 1. The lowest BCUT2D eigenvalue weighted by Crippen LogP contribution is -2.42. The van der Waals surface area contributed by atoms with E-state index in [1.54, 1.807) is 0 Å². The van der Waals surface area contributed by atoms with Gasteiger partial charge >= 0.3 is 5.97 Å². The standard InChI is InChI=1S/C19H28N4O4/c1-13(10-14-6-3-2-4-7-14)11-16(24)15(8-5-9-22-19(20)21)23-17(25)12-18(26)27/h2-4,6-7,13,15H,5,8-12H2,1H3,(H,23,25)(H,26,27)(H4,20,21,22)/t13-,15-/m0/s1. The Morgan fingerprint density at radius 1 is 1.19 bits per heavy atom. The molecule has 0 saturated heterocycles. The summed E-state index contributed by atoms with van der Waals surface area (Å²) in [7, 11) is 0. The van der Waals surface area contributed by atoms with Gasteiger partial charge in [0.05, 0.1) is 6.04 Å². The van der Waals surface area contributed by atoms with Gasteiger partial charge in [-0.05, 0) is 30.7 Å². The van der Waals surface area contributed by atoms with Crippen LogP contribution in [0.15, 0.2) is 35.3 Å². The van der Waals surface area contributed by atoms with Gasteiger partial charge in [-0.3, -0.25) is 19.4 Å². The van der Waals surface area contributed by atoms with Crippen LogP contribution in [-0.4, -0.2) is 41.3 Å². The number of aliphatic imine (C=N–C) groups is 1. The van der Waals surface area contributed by atoms with E-state index in [9.17, 15) is 14.4 Å². The molecule has 0 aliphatic rings. The van der Waals surface area contributed by atoms with Gasteiger partial charge in [0.1, 0.15) is 6.42 Å². The number of hydrogen-bond acceptors (Lipinski definition) is 4. The Morgan fingerprint density at radius 3 is 2.44 bits per heavy atom. The molecule has 1 rings (SSSR count). The molecule has 1 amide bonds. The summed E-state index contributed by atoms with van der Waals surface area (Å²) in [4.78, 5) is 39.0. The molecule has 0 aromatic heterocycles. The number of nitrogens with zero attached hydrogens (tertiary/aromatic N) is 1. The Balaban J connectivity index is 2.64. The second-order valence-corrected chi connectivity index (χ2v) is 6.60. The summed E-state index contributed by atoms with van der Waals surface area (Å²) in [5.41, 5.74) is 11.7. The SMILES string of the molecule is C[C@H](CC(=O)[C@H](CCCN=C(N)N)NC(=O)CC(=O)O)Cc1ccccc1. The summed E-state index contributed by atoms with van der Waals surface area (Å²) in [5, 5.41) is 11.3. The van der Waals surface area contributed by atoms with Crippen molar-refractivity contribution in [2.45, 2.75) is 45.1 Å². The van der Waals surface area contributed by atoms with Crippen molar-refractivity contribution >= 4 is 23.6 Å². The lowest BCUT2D eigenvalue weighted by molar-refractivity contribution is -0.141. The van der Waals surface area contributed by atoms with E-state index < -0.39 is 24.3 Å². The lowest BCUT2D eigenvalue weighted by atomic mass is 9.92. The fourth-order valence-corrected chi connectivity index (χ4v) is 2.77. The van der Waals surface area contributed by atoms with E-state index in [-0.39, 0.29) is 24.1 Å². The number of aliphatic carboxylic acids is 1. The maximum Gasteiger partial charge on any atom is 0.312 e. The summed E-state index contributed by atoms with van der Waals surface area (Å²) in [6, 6.07) is 9.09. The van der Waals surface area contributed by atoms with Gasteiger partial charge in [-0.1, -0.05) is 37.3 Å². The molecule has 0 heterocycles. The summed E-state index contributed by atoms with van der Waals surface area (Å²) in [6.45, 7) is 2.31. The number of carboxylic acids is 1. The van der Waals surface area contributed by atoms with Crippen molar-refractivity contribution in [1.82, 2.24) is 5.32 Å². The predicted molar refractivity (Wildman–Crippen MR) is 103 cm³/mol. The Labute approximate surface area is 159 Å². The molecule has 0 bridgehead atoms. The highest BCUT2D eigenvalue weighted by Gasteiger charge is 2.23. The van der Waals surface area contributed by atoms with Crippen LogP contribution in [0.3, 0.4) is 0 Å². The minimum Gasteiger partial charge on any atom is -0.481 e. The smallest absolute Gasteiger partial charge is 0.312 e. The van der Waals surface area contributed by atoms with Crippen LogP contribution in [0.5, 0.6) is 0 Å². The highest BCUT2D eigenvalue weighted by atomic mass is 16.4. The molecule has 0 saturated carbocycles. The molecule has 6 N–H and O–H groups in total. The molecule has 1 aromatic rings. The van der Waals surface area contributed by atoms with Gasteiger partial charge in [-0.15, -0.1) is 0 Å². The second-order valence-electron chi connectivity index (χ2n) is 6.60. The average molecular weight is 376 g/mol. The molecule has 0 fully saturated rings. The van der Waals surface area contributed by atoms with Crippen LogP contribution in [0.1, 0.15) is 38.2 Å². The van der Waals surface area contributed by atoms with E-state index in [2.05, 4.69) is 10.3 Å². The zero-order valence-electron chi connectivity index (χ0n) is 15.6. The molecule has 2 atom stereocenters. The van der Waals surface area contributed by atoms with E-state index >= 15 is 0 Å². The molecular formula is C19H28N4O4. The van der Waals surface area contributed by atoms with Crippen LogP contribution in [-0.2, 0) is 20.8 Å². The zero-order valence-corrected chi connectivity index (χ0v) is 15.6. The fourth-order valence-electron chi connectivity index (χ4n) is 2.77. The predicted octanol–water partition coefficient (Wildman–Crippen LogP) is 0.838.